The number of methoxy groups -OCH3 is 1. The quantitative estimate of drug-likeness (QED) is 0.190. The molecule has 1 saturated heterocycles. The number of nitrogens with one attached hydrogen (secondary N) is 1. The molecule has 0 aromatic heterocycles. The second-order valence-corrected chi connectivity index (χ2v) is 11.0. The molecular weight excluding hydrogens is 516 g/mol. The number of nitrogens with zero attached hydrogens (tertiary/aromatic N) is 1. The number of halogens is 1. The number of hydrogen-bond donors (Lipinski definition) is 1. The van der Waals surface area contributed by atoms with Crippen molar-refractivity contribution < 1.29 is 28.7 Å². The lowest BCUT2D eigenvalue weighted by Gasteiger charge is -2.55. The van der Waals surface area contributed by atoms with Crippen LogP contribution in [0, 0.1) is 23.2 Å². The number of ether oxygens (including phenoxy) is 2. The van der Waals surface area contributed by atoms with E-state index in [-0.39, 0.29) is 23.8 Å². The van der Waals surface area contributed by atoms with Crippen LogP contribution in [-0.2, 0) is 14.4 Å². The van der Waals surface area contributed by atoms with Crippen LogP contribution in [0.25, 0.3) is 6.08 Å². The summed E-state index contributed by atoms with van der Waals surface area (Å²) in [5.74, 6) is 0.700. The lowest BCUT2D eigenvalue weighted by molar-refractivity contribution is -0.161. The summed E-state index contributed by atoms with van der Waals surface area (Å²) in [6.45, 7) is 3.51. The van der Waals surface area contributed by atoms with Crippen molar-refractivity contribution in [1.29, 1.82) is 0 Å². The minimum Gasteiger partial charge on any atom is -0.493 e. The van der Waals surface area contributed by atoms with Gasteiger partial charge < -0.3 is 9.47 Å². The van der Waals surface area contributed by atoms with E-state index < -0.39 is 23.3 Å². The van der Waals surface area contributed by atoms with Crippen LogP contribution in [0.3, 0.4) is 0 Å². The minimum atomic E-state index is -0.789. The highest BCUT2D eigenvalue weighted by molar-refractivity contribution is 9.10. The molecule has 4 saturated carbocycles. The summed E-state index contributed by atoms with van der Waals surface area (Å²) in [5.41, 5.74) is -0.151. The average molecular weight is 543 g/mol. The van der Waals surface area contributed by atoms with E-state index in [1.54, 1.807) is 12.1 Å². The van der Waals surface area contributed by atoms with Gasteiger partial charge in [-0.3, -0.25) is 24.6 Å². The topological polar surface area (TPSA) is 102 Å². The molecule has 4 amide bonds. The molecule has 1 heterocycles. The molecule has 9 heteroatoms. The van der Waals surface area contributed by atoms with Crippen molar-refractivity contribution in [3.63, 3.8) is 0 Å². The second kappa shape index (κ2) is 8.93. The van der Waals surface area contributed by atoms with E-state index in [2.05, 4.69) is 27.8 Å². The predicted octanol–water partition coefficient (Wildman–Crippen LogP) is 4.23. The number of hydrogen-bond acceptors (Lipinski definition) is 6. The molecule has 8 nitrogen and oxygen atoms in total. The van der Waals surface area contributed by atoms with Crippen LogP contribution in [0.2, 0.25) is 0 Å². The molecule has 0 spiro atoms. The maximum absolute atomic E-state index is 13.4. The standard InChI is InChI=1S/C26H27BrN2O6/c1-3-4-29-23(31)18(22(30)28-25(29)33)8-14-9-19(27)21(20(10-14)34-2)35-24(32)26-11-15-5-16(12-26)7-17(6-15)13-26/h3,8-10,15-17H,1,4-7,11-13H2,2H3,(H,28,30,33)/b18-8-. The van der Waals surface area contributed by atoms with Crippen LogP contribution in [0.4, 0.5) is 4.79 Å². The number of rotatable bonds is 6. The number of amides is 4. The first-order valence-electron chi connectivity index (χ1n) is 11.8. The van der Waals surface area contributed by atoms with E-state index >= 15 is 0 Å². The van der Waals surface area contributed by atoms with Gasteiger partial charge in [0.05, 0.1) is 17.0 Å². The van der Waals surface area contributed by atoms with Gasteiger partial charge >= 0.3 is 12.0 Å². The summed E-state index contributed by atoms with van der Waals surface area (Å²) >= 11 is 3.47. The molecule has 1 aromatic rings. The third-order valence-corrected chi connectivity index (χ3v) is 8.32. The summed E-state index contributed by atoms with van der Waals surface area (Å²) in [5, 5.41) is 2.16. The Balaban J connectivity index is 1.41. The number of imide groups is 2. The fourth-order valence-corrected chi connectivity index (χ4v) is 7.18. The van der Waals surface area contributed by atoms with E-state index in [0.29, 0.717) is 33.5 Å². The summed E-state index contributed by atoms with van der Waals surface area (Å²) in [6, 6.07) is 2.45. The van der Waals surface area contributed by atoms with Crippen LogP contribution in [0.5, 0.6) is 11.5 Å². The van der Waals surface area contributed by atoms with Gasteiger partial charge in [0, 0.05) is 6.54 Å². The lowest BCUT2D eigenvalue weighted by Crippen LogP contribution is -2.54. The third kappa shape index (κ3) is 4.20. The highest BCUT2D eigenvalue weighted by atomic mass is 79.9. The molecule has 1 aliphatic heterocycles. The summed E-state index contributed by atoms with van der Waals surface area (Å²) in [4.78, 5) is 51.4. The molecule has 184 valence electrons. The molecule has 4 aliphatic carbocycles. The van der Waals surface area contributed by atoms with E-state index in [4.69, 9.17) is 9.47 Å². The van der Waals surface area contributed by atoms with Crippen molar-refractivity contribution in [3.8, 4) is 11.5 Å². The molecule has 0 unspecified atom stereocenters. The Bertz CT molecular complexity index is 1140. The van der Waals surface area contributed by atoms with E-state index in [0.717, 1.165) is 24.2 Å². The molecule has 0 radical (unpaired) electrons. The van der Waals surface area contributed by atoms with Gasteiger partial charge in [-0.05, 0) is 96.0 Å². The molecule has 6 rings (SSSR count). The zero-order valence-electron chi connectivity index (χ0n) is 19.5. The molecule has 35 heavy (non-hydrogen) atoms. The molecule has 1 N–H and O–H groups in total. The number of carbonyl (C=O) groups excluding carboxylic acids is 4. The van der Waals surface area contributed by atoms with Gasteiger partial charge in [-0.15, -0.1) is 6.58 Å². The molecule has 5 fully saturated rings. The Labute approximate surface area is 211 Å². The molecule has 5 aliphatic rings. The monoisotopic (exact) mass is 542 g/mol. The number of carbonyl (C=O) groups is 4. The van der Waals surface area contributed by atoms with Crippen molar-refractivity contribution in [2.75, 3.05) is 13.7 Å². The summed E-state index contributed by atoms with van der Waals surface area (Å²) in [7, 11) is 1.46. The van der Waals surface area contributed by atoms with Gasteiger partial charge in [0.25, 0.3) is 11.8 Å². The van der Waals surface area contributed by atoms with E-state index in [1.165, 1.54) is 38.5 Å². The average Bonchev–Trinajstić information content (AvgIpc) is 2.80. The van der Waals surface area contributed by atoms with Crippen LogP contribution >= 0.6 is 15.9 Å². The Hall–Kier alpha value is -2.94. The Morgan fingerprint density at radius 3 is 2.37 bits per heavy atom. The fraction of sp³-hybridized carbons (Fsp3) is 0.462. The van der Waals surface area contributed by atoms with Crippen molar-refractivity contribution in [3.05, 3.63) is 40.4 Å². The predicted molar refractivity (Wildman–Crippen MR) is 130 cm³/mol. The van der Waals surface area contributed by atoms with Crippen LogP contribution in [0.1, 0.15) is 44.1 Å². The van der Waals surface area contributed by atoms with Crippen LogP contribution < -0.4 is 14.8 Å². The highest BCUT2D eigenvalue weighted by Gasteiger charge is 2.55. The fourth-order valence-electron chi connectivity index (χ4n) is 6.64. The van der Waals surface area contributed by atoms with E-state index in [9.17, 15) is 19.2 Å². The number of barbiturate groups is 1. The number of esters is 1. The maximum Gasteiger partial charge on any atom is 0.331 e. The highest BCUT2D eigenvalue weighted by Crippen LogP contribution is 2.60. The Kier molecular flexibility index (Phi) is 6.07. The van der Waals surface area contributed by atoms with Crippen LogP contribution in [-0.4, -0.2) is 42.4 Å². The first-order valence-corrected chi connectivity index (χ1v) is 12.6. The van der Waals surface area contributed by atoms with Gasteiger partial charge in [0.15, 0.2) is 11.5 Å². The van der Waals surface area contributed by atoms with Gasteiger partial charge in [-0.1, -0.05) is 6.08 Å². The van der Waals surface area contributed by atoms with Crippen molar-refractivity contribution in [1.82, 2.24) is 10.2 Å². The van der Waals surface area contributed by atoms with E-state index in [1.807, 2.05) is 0 Å². The summed E-state index contributed by atoms with van der Waals surface area (Å²) < 4.78 is 11.9. The number of urea groups is 1. The molecule has 1 aromatic carbocycles. The van der Waals surface area contributed by atoms with Crippen molar-refractivity contribution in [2.24, 2.45) is 23.2 Å². The van der Waals surface area contributed by atoms with Gasteiger partial charge in [0.1, 0.15) is 5.57 Å². The largest absolute Gasteiger partial charge is 0.493 e. The third-order valence-electron chi connectivity index (χ3n) is 7.73. The van der Waals surface area contributed by atoms with Crippen molar-refractivity contribution >= 4 is 45.8 Å². The van der Waals surface area contributed by atoms with Gasteiger partial charge in [0.2, 0.25) is 0 Å². The summed E-state index contributed by atoms with van der Waals surface area (Å²) in [6.07, 6.45) is 9.12. The zero-order chi connectivity index (χ0) is 24.9. The van der Waals surface area contributed by atoms with Gasteiger partial charge in [-0.2, -0.15) is 0 Å². The zero-order valence-corrected chi connectivity index (χ0v) is 21.1. The normalized spacial score (nSPS) is 30.5. The molecular formula is C26H27BrN2O6. The first-order chi connectivity index (χ1) is 16.7. The van der Waals surface area contributed by atoms with Gasteiger partial charge in [-0.25, -0.2) is 4.79 Å². The first kappa shape index (κ1) is 23.8. The molecule has 0 atom stereocenters. The van der Waals surface area contributed by atoms with Crippen molar-refractivity contribution in [2.45, 2.75) is 38.5 Å². The SMILES string of the molecule is C=CCN1C(=O)NC(=O)/C(=C/c2cc(Br)c(OC(=O)C34CC5CC(CC(C5)C3)C4)c(OC)c2)C1=O. The lowest BCUT2D eigenvalue weighted by atomic mass is 9.49. The maximum atomic E-state index is 13.4. The Morgan fingerprint density at radius 2 is 1.80 bits per heavy atom. The smallest absolute Gasteiger partial charge is 0.331 e. The second-order valence-electron chi connectivity index (χ2n) is 10.1. The van der Waals surface area contributed by atoms with Crippen LogP contribution in [0.15, 0.2) is 34.8 Å². The minimum absolute atomic E-state index is 0.0263. The molecule has 4 bridgehead atoms. The Morgan fingerprint density at radius 1 is 1.17 bits per heavy atom. The number of benzene rings is 1.